The van der Waals surface area contributed by atoms with Gasteiger partial charge in [-0.25, -0.2) is 9.97 Å². The fourth-order valence-corrected chi connectivity index (χ4v) is 2.17. The van der Waals surface area contributed by atoms with Gasteiger partial charge in [0.05, 0.1) is 6.61 Å². The van der Waals surface area contributed by atoms with Crippen molar-refractivity contribution in [3.8, 4) is 0 Å². The molecule has 0 aliphatic carbocycles. The minimum atomic E-state index is -0.782. The van der Waals surface area contributed by atoms with Crippen LogP contribution in [0.5, 0.6) is 0 Å². The molecular formula is C12H18BrN3O2. The normalized spacial score (nSPS) is 23.6. The van der Waals surface area contributed by atoms with E-state index in [1.165, 1.54) is 0 Å². The number of nitrogens with zero attached hydrogens (tertiary/aromatic N) is 2. The Labute approximate surface area is 115 Å². The smallest absolute Gasteiger partial charge is 0.134 e. The molecule has 1 aromatic heterocycles. The molecule has 1 atom stereocenters. The third-order valence-corrected chi connectivity index (χ3v) is 3.32. The lowest BCUT2D eigenvalue weighted by atomic mass is 10.0. The molecule has 2 heterocycles. The van der Waals surface area contributed by atoms with Crippen LogP contribution in [0.4, 0.5) is 5.82 Å². The third kappa shape index (κ3) is 3.40. The van der Waals surface area contributed by atoms with Crippen LogP contribution in [0.3, 0.4) is 0 Å². The van der Waals surface area contributed by atoms with E-state index >= 15 is 0 Å². The number of aliphatic hydroxyl groups is 1. The molecule has 0 bridgehead atoms. The summed E-state index contributed by atoms with van der Waals surface area (Å²) in [4.78, 5) is 8.73. The molecule has 1 aliphatic rings. The SMILES string of the molecule is CC(C)c1nc(Br)cc(NCC2(O)CCOC2)n1. The van der Waals surface area contributed by atoms with Gasteiger partial charge >= 0.3 is 0 Å². The maximum Gasteiger partial charge on any atom is 0.134 e. The van der Waals surface area contributed by atoms with Crippen molar-refractivity contribution < 1.29 is 9.84 Å². The first-order chi connectivity index (χ1) is 8.48. The number of anilines is 1. The Morgan fingerprint density at radius 2 is 2.33 bits per heavy atom. The van der Waals surface area contributed by atoms with Crippen molar-refractivity contribution in [1.82, 2.24) is 9.97 Å². The number of rotatable bonds is 4. The van der Waals surface area contributed by atoms with Crippen molar-refractivity contribution in [3.05, 3.63) is 16.5 Å². The zero-order valence-corrected chi connectivity index (χ0v) is 12.2. The van der Waals surface area contributed by atoms with Crippen molar-refractivity contribution in [2.75, 3.05) is 25.1 Å². The monoisotopic (exact) mass is 315 g/mol. The summed E-state index contributed by atoms with van der Waals surface area (Å²) < 4.78 is 5.95. The third-order valence-electron chi connectivity index (χ3n) is 2.91. The van der Waals surface area contributed by atoms with Crippen LogP contribution in [0.25, 0.3) is 0 Å². The Bertz CT molecular complexity index is 420. The zero-order valence-electron chi connectivity index (χ0n) is 10.6. The van der Waals surface area contributed by atoms with Gasteiger partial charge in [0.1, 0.15) is 21.8 Å². The number of hydrogen-bond donors (Lipinski definition) is 2. The minimum Gasteiger partial charge on any atom is -0.386 e. The molecule has 0 radical (unpaired) electrons. The molecule has 2 rings (SSSR count). The summed E-state index contributed by atoms with van der Waals surface area (Å²) in [7, 11) is 0. The quantitative estimate of drug-likeness (QED) is 0.831. The Kier molecular flexibility index (Phi) is 4.19. The van der Waals surface area contributed by atoms with Gasteiger partial charge in [-0.05, 0) is 15.9 Å². The highest BCUT2D eigenvalue weighted by atomic mass is 79.9. The number of halogens is 1. The molecule has 5 nitrogen and oxygen atoms in total. The van der Waals surface area contributed by atoms with Crippen LogP contribution in [-0.2, 0) is 4.74 Å². The average molecular weight is 316 g/mol. The van der Waals surface area contributed by atoms with E-state index in [1.54, 1.807) is 0 Å². The van der Waals surface area contributed by atoms with Crippen LogP contribution in [0, 0.1) is 0 Å². The molecule has 1 saturated heterocycles. The minimum absolute atomic E-state index is 0.265. The van der Waals surface area contributed by atoms with Crippen molar-refractivity contribution in [1.29, 1.82) is 0 Å². The zero-order chi connectivity index (χ0) is 13.2. The van der Waals surface area contributed by atoms with E-state index in [9.17, 15) is 5.11 Å². The first kappa shape index (κ1) is 13.7. The van der Waals surface area contributed by atoms with Gasteiger partial charge in [0.15, 0.2) is 0 Å². The Morgan fingerprint density at radius 3 is 2.94 bits per heavy atom. The fourth-order valence-electron chi connectivity index (χ4n) is 1.77. The van der Waals surface area contributed by atoms with Gasteiger partial charge in [-0.2, -0.15) is 0 Å². The maximum absolute atomic E-state index is 10.2. The molecular weight excluding hydrogens is 298 g/mol. The molecule has 0 amide bonds. The highest BCUT2D eigenvalue weighted by Gasteiger charge is 2.32. The lowest BCUT2D eigenvalue weighted by Gasteiger charge is -2.21. The first-order valence-corrected chi connectivity index (χ1v) is 6.86. The van der Waals surface area contributed by atoms with Crippen LogP contribution in [-0.4, -0.2) is 40.4 Å². The van der Waals surface area contributed by atoms with Crippen molar-refractivity contribution >= 4 is 21.7 Å². The van der Waals surface area contributed by atoms with Crippen molar-refractivity contribution in [2.45, 2.75) is 31.8 Å². The molecule has 6 heteroatoms. The van der Waals surface area contributed by atoms with Crippen LogP contribution in [0.1, 0.15) is 32.0 Å². The molecule has 18 heavy (non-hydrogen) atoms. The molecule has 1 unspecified atom stereocenters. The summed E-state index contributed by atoms with van der Waals surface area (Å²) in [6.07, 6.45) is 0.656. The second kappa shape index (κ2) is 5.50. The molecule has 100 valence electrons. The number of aromatic nitrogens is 2. The highest BCUT2D eigenvalue weighted by molar-refractivity contribution is 9.10. The summed E-state index contributed by atoms with van der Waals surface area (Å²) >= 11 is 3.37. The first-order valence-electron chi connectivity index (χ1n) is 6.07. The summed E-state index contributed by atoms with van der Waals surface area (Å²) in [5.74, 6) is 1.77. The second-order valence-corrected chi connectivity index (χ2v) is 5.78. The van der Waals surface area contributed by atoms with Crippen LogP contribution in [0.15, 0.2) is 10.7 Å². The van der Waals surface area contributed by atoms with Gasteiger partial charge in [0, 0.05) is 31.6 Å². The standard InChI is InChI=1S/C12H18BrN3O2/c1-8(2)11-15-9(13)5-10(16-11)14-6-12(17)3-4-18-7-12/h5,8,17H,3-4,6-7H2,1-2H3,(H,14,15,16). The Hall–Kier alpha value is -0.720. The van der Waals surface area contributed by atoms with E-state index in [0.717, 1.165) is 16.2 Å². The largest absolute Gasteiger partial charge is 0.386 e. The lowest BCUT2D eigenvalue weighted by Crippen LogP contribution is -2.37. The molecule has 0 saturated carbocycles. The Balaban J connectivity index is 2.04. The summed E-state index contributed by atoms with van der Waals surface area (Å²) in [5.41, 5.74) is -0.782. The van der Waals surface area contributed by atoms with Crippen molar-refractivity contribution in [2.24, 2.45) is 0 Å². The van der Waals surface area contributed by atoms with E-state index in [-0.39, 0.29) is 5.92 Å². The molecule has 0 aromatic carbocycles. The molecule has 0 spiro atoms. The van der Waals surface area contributed by atoms with Gasteiger partial charge in [-0.3, -0.25) is 0 Å². The van der Waals surface area contributed by atoms with Gasteiger partial charge in [0.25, 0.3) is 0 Å². The summed E-state index contributed by atoms with van der Waals surface area (Å²) in [5, 5.41) is 13.3. The molecule has 1 fully saturated rings. The lowest BCUT2D eigenvalue weighted by molar-refractivity contribution is 0.0381. The topological polar surface area (TPSA) is 67.3 Å². The fraction of sp³-hybridized carbons (Fsp3) is 0.667. The van der Waals surface area contributed by atoms with Crippen LogP contribution in [0.2, 0.25) is 0 Å². The van der Waals surface area contributed by atoms with Gasteiger partial charge in [0.2, 0.25) is 0 Å². The maximum atomic E-state index is 10.2. The van der Waals surface area contributed by atoms with Crippen LogP contribution < -0.4 is 5.32 Å². The highest BCUT2D eigenvalue weighted by Crippen LogP contribution is 2.21. The second-order valence-electron chi connectivity index (χ2n) is 4.97. The number of nitrogens with one attached hydrogen (secondary N) is 1. The van der Waals surface area contributed by atoms with Gasteiger partial charge in [-0.1, -0.05) is 13.8 Å². The predicted octanol–water partition coefficient (Wildman–Crippen LogP) is 1.93. The number of hydrogen-bond acceptors (Lipinski definition) is 5. The Morgan fingerprint density at radius 1 is 1.56 bits per heavy atom. The van der Waals surface area contributed by atoms with E-state index in [2.05, 4.69) is 31.2 Å². The van der Waals surface area contributed by atoms with Crippen LogP contribution >= 0.6 is 15.9 Å². The van der Waals surface area contributed by atoms with Gasteiger partial charge < -0.3 is 15.2 Å². The summed E-state index contributed by atoms with van der Waals surface area (Å²) in [6, 6.07) is 1.81. The predicted molar refractivity (Wildman–Crippen MR) is 72.7 cm³/mol. The molecule has 1 aromatic rings. The van der Waals surface area contributed by atoms with E-state index < -0.39 is 5.60 Å². The van der Waals surface area contributed by atoms with Crippen molar-refractivity contribution in [3.63, 3.8) is 0 Å². The van der Waals surface area contributed by atoms with Gasteiger partial charge in [-0.15, -0.1) is 0 Å². The molecule has 1 aliphatic heterocycles. The van der Waals surface area contributed by atoms with E-state index in [1.807, 2.05) is 19.9 Å². The number of ether oxygens (including phenoxy) is 1. The molecule has 2 N–H and O–H groups in total. The average Bonchev–Trinajstić information content (AvgIpc) is 2.73. The van der Waals surface area contributed by atoms with E-state index in [0.29, 0.717) is 26.2 Å². The summed E-state index contributed by atoms with van der Waals surface area (Å²) in [6.45, 7) is 5.52. The van der Waals surface area contributed by atoms with E-state index in [4.69, 9.17) is 4.74 Å².